The van der Waals surface area contributed by atoms with Crippen molar-refractivity contribution in [2.75, 3.05) is 11.6 Å². The smallest absolute Gasteiger partial charge is 0.416 e. The summed E-state index contributed by atoms with van der Waals surface area (Å²) in [5, 5.41) is 5.61. The fourth-order valence-electron chi connectivity index (χ4n) is 3.49. The van der Waals surface area contributed by atoms with Crippen LogP contribution in [0.3, 0.4) is 0 Å². The lowest BCUT2D eigenvalue weighted by molar-refractivity contribution is -0.147. The molecular weight excluding hydrogens is 473 g/mol. The van der Waals surface area contributed by atoms with Gasteiger partial charge in [-0.25, -0.2) is 0 Å². The van der Waals surface area contributed by atoms with E-state index in [1.165, 1.54) is 24.6 Å². The number of nitrogens with zero attached hydrogens (tertiary/aromatic N) is 2. The molecule has 0 aliphatic heterocycles. The summed E-state index contributed by atoms with van der Waals surface area (Å²) in [7, 11) is 0. The highest BCUT2D eigenvalue weighted by atomic mass is 19.4. The monoisotopic (exact) mass is 494 g/mol. The van der Waals surface area contributed by atoms with Crippen molar-refractivity contribution in [1.29, 1.82) is 0 Å². The van der Waals surface area contributed by atoms with Crippen LogP contribution < -0.4 is 5.01 Å². The van der Waals surface area contributed by atoms with E-state index >= 15 is 0 Å². The van der Waals surface area contributed by atoms with Crippen LogP contribution in [0.2, 0.25) is 0 Å². The molecule has 0 N–H and O–H groups in total. The van der Waals surface area contributed by atoms with Gasteiger partial charge in [-0.2, -0.15) is 23.3 Å². The third-order valence-electron chi connectivity index (χ3n) is 5.28. The third kappa shape index (κ3) is 5.99. The second-order valence-electron chi connectivity index (χ2n) is 8.01. The largest absolute Gasteiger partial charge is 0.464 e. The van der Waals surface area contributed by atoms with E-state index < -0.39 is 30.2 Å². The van der Waals surface area contributed by atoms with E-state index in [4.69, 9.17) is 9.15 Å². The van der Waals surface area contributed by atoms with Crippen molar-refractivity contribution in [2.24, 2.45) is 5.10 Å². The lowest BCUT2D eigenvalue weighted by Crippen LogP contribution is -2.31. The van der Waals surface area contributed by atoms with E-state index in [1.54, 1.807) is 30.3 Å². The molecule has 0 saturated carbocycles. The summed E-state index contributed by atoms with van der Waals surface area (Å²) in [6.07, 6.45) is -1.96. The summed E-state index contributed by atoms with van der Waals surface area (Å²) < 4.78 is 50.3. The minimum Gasteiger partial charge on any atom is -0.464 e. The Morgan fingerprint density at radius 3 is 2.56 bits per heavy atom. The van der Waals surface area contributed by atoms with E-state index in [9.17, 15) is 22.8 Å². The van der Waals surface area contributed by atoms with Gasteiger partial charge < -0.3 is 9.15 Å². The highest BCUT2D eigenvalue weighted by molar-refractivity contribution is 5.97. The van der Waals surface area contributed by atoms with Gasteiger partial charge in [0.05, 0.1) is 30.1 Å². The molecule has 0 radical (unpaired) electrons. The predicted octanol–water partition coefficient (Wildman–Crippen LogP) is 5.91. The fourth-order valence-corrected chi connectivity index (χ4v) is 3.49. The molecule has 0 bridgehead atoms. The summed E-state index contributed by atoms with van der Waals surface area (Å²) in [5.41, 5.74) is 1.80. The molecule has 0 aliphatic rings. The third-order valence-corrected chi connectivity index (χ3v) is 5.28. The van der Waals surface area contributed by atoms with Gasteiger partial charge in [-0.05, 0) is 42.3 Å². The SMILES string of the molecule is Cc1ccc2c(CC(=O)OCC(=O)N(N=Cc3ccccc3)c3cccc(C(F)(F)F)c3)coc2c1. The number of fused-ring (bicyclic) bond motifs is 1. The molecule has 9 heteroatoms. The average Bonchev–Trinajstić information content (AvgIpc) is 3.24. The summed E-state index contributed by atoms with van der Waals surface area (Å²) in [6, 6.07) is 18.5. The maximum Gasteiger partial charge on any atom is 0.416 e. The number of ether oxygens (including phenoxy) is 1. The molecule has 36 heavy (non-hydrogen) atoms. The zero-order valence-electron chi connectivity index (χ0n) is 19.2. The Morgan fingerprint density at radius 1 is 1.03 bits per heavy atom. The lowest BCUT2D eigenvalue weighted by Gasteiger charge is -2.18. The van der Waals surface area contributed by atoms with Crippen molar-refractivity contribution in [2.45, 2.75) is 19.5 Å². The highest BCUT2D eigenvalue weighted by Crippen LogP contribution is 2.32. The van der Waals surface area contributed by atoms with Gasteiger partial charge in [0, 0.05) is 10.9 Å². The number of hydrazone groups is 1. The Labute approximate surface area is 204 Å². The Bertz CT molecular complexity index is 1410. The number of hydrogen-bond acceptors (Lipinski definition) is 5. The van der Waals surface area contributed by atoms with Crippen molar-refractivity contribution < 1.29 is 31.9 Å². The van der Waals surface area contributed by atoms with Gasteiger partial charge in [0.2, 0.25) is 0 Å². The first-order chi connectivity index (χ1) is 17.2. The molecule has 0 unspecified atom stereocenters. The molecule has 184 valence electrons. The molecule has 6 nitrogen and oxygen atoms in total. The van der Waals surface area contributed by atoms with E-state index in [-0.39, 0.29) is 12.1 Å². The topological polar surface area (TPSA) is 72.1 Å². The van der Waals surface area contributed by atoms with Crippen LogP contribution in [0.25, 0.3) is 11.0 Å². The first-order valence-electron chi connectivity index (χ1n) is 10.9. The molecule has 0 spiro atoms. The van der Waals surface area contributed by atoms with Crippen LogP contribution in [0, 0.1) is 6.92 Å². The van der Waals surface area contributed by atoms with Gasteiger partial charge in [0.15, 0.2) is 6.61 Å². The fraction of sp³-hybridized carbons (Fsp3) is 0.148. The molecule has 0 aliphatic carbocycles. The second kappa shape index (κ2) is 10.5. The molecule has 1 amide bonds. The Balaban J connectivity index is 1.50. The van der Waals surface area contributed by atoms with Crippen LogP contribution >= 0.6 is 0 Å². The van der Waals surface area contributed by atoms with Gasteiger partial charge >= 0.3 is 12.1 Å². The molecule has 1 heterocycles. The zero-order valence-corrected chi connectivity index (χ0v) is 19.2. The van der Waals surface area contributed by atoms with Gasteiger partial charge in [-0.3, -0.25) is 9.59 Å². The molecule has 4 rings (SSSR count). The standard InChI is InChI=1S/C27H21F3N2O4/c1-18-10-11-23-20(16-35-24(23)12-18)13-26(34)36-17-25(33)32(31-15-19-6-3-2-4-7-19)22-9-5-8-21(14-22)27(28,29)30/h2-12,14-16H,13,17H2,1H3. The average molecular weight is 494 g/mol. The summed E-state index contributed by atoms with van der Waals surface area (Å²) >= 11 is 0. The normalized spacial score (nSPS) is 11.7. The molecule has 0 saturated heterocycles. The van der Waals surface area contributed by atoms with Crippen LogP contribution in [0.15, 0.2) is 88.6 Å². The van der Waals surface area contributed by atoms with Crippen molar-refractivity contribution in [1.82, 2.24) is 0 Å². The summed E-state index contributed by atoms with van der Waals surface area (Å²) in [6.45, 7) is 1.20. The maximum atomic E-state index is 13.2. The Kier molecular flexibility index (Phi) is 7.19. The van der Waals surface area contributed by atoms with Gasteiger partial charge in [-0.1, -0.05) is 48.5 Å². The van der Waals surface area contributed by atoms with Gasteiger partial charge in [-0.15, -0.1) is 0 Å². The first kappa shape index (κ1) is 24.7. The Morgan fingerprint density at radius 2 is 1.81 bits per heavy atom. The van der Waals surface area contributed by atoms with Crippen LogP contribution in [-0.2, 0) is 26.9 Å². The number of rotatable bonds is 7. The number of hydrogen-bond donors (Lipinski definition) is 0. The van der Waals surface area contributed by atoms with Crippen LogP contribution in [-0.4, -0.2) is 24.7 Å². The Hall–Kier alpha value is -4.40. The number of esters is 1. The quantitative estimate of drug-likeness (QED) is 0.182. The van der Waals surface area contributed by atoms with Crippen molar-refractivity contribution in [3.63, 3.8) is 0 Å². The molecule has 0 atom stereocenters. The van der Waals surface area contributed by atoms with Crippen molar-refractivity contribution in [3.05, 3.63) is 101 Å². The number of halogens is 3. The predicted molar refractivity (Wildman–Crippen MR) is 129 cm³/mol. The van der Waals surface area contributed by atoms with Crippen LogP contribution in [0.1, 0.15) is 22.3 Å². The summed E-state index contributed by atoms with van der Waals surface area (Å²) in [5.74, 6) is -1.51. The molecule has 4 aromatic rings. The van der Waals surface area contributed by atoms with Gasteiger partial charge in [0.1, 0.15) is 5.58 Å². The van der Waals surface area contributed by atoms with Crippen molar-refractivity contribution in [3.8, 4) is 0 Å². The molecular formula is C27H21F3N2O4. The first-order valence-corrected chi connectivity index (χ1v) is 10.9. The number of aryl methyl sites for hydroxylation is 1. The number of anilines is 1. The van der Waals surface area contributed by atoms with E-state index in [2.05, 4.69) is 5.10 Å². The number of carbonyl (C=O) groups is 2. The molecule has 0 fully saturated rings. The molecule has 3 aromatic carbocycles. The zero-order chi connectivity index (χ0) is 25.7. The second-order valence-corrected chi connectivity index (χ2v) is 8.01. The lowest BCUT2D eigenvalue weighted by atomic mass is 10.1. The number of carbonyl (C=O) groups excluding carboxylic acids is 2. The van der Waals surface area contributed by atoms with E-state index in [1.807, 2.05) is 25.1 Å². The highest BCUT2D eigenvalue weighted by Gasteiger charge is 2.31. The van der Waals surface area contributed by atoms with Crippen LogP contribution in [0.4, 0.5) is 18.9 Å². The van der Waals surface area contributed by atoms with E-state index in [0.717, 1.165) is 28.1 Å². The number of furan rings is 1. The number of benzene rings is 3. The number of amides is 1. The number of alkyl halides is 3. The van der Waals surface area contributed by atoms with Gasteiger partial charge in [0.25, 0.3) is 5.91 Å². The molecule has 1 aromatic heterocycles. The minimum atomic E-state index is -4.60. The summed E-state index contributed by atoms with van der Waals surface area (Å²) in [4.78, 5) is 25.3. The van der Waals surface area contributed by atoms with Crippen molar-refractivity contribution >= 4 is 34.7 Å². The van der Waals surface area contributed by atoms with E-state index in [0.29, 0.717) is 16.7 Å². The maximum absolute atomic E-state index is 13.2. The van der Waals surface area contributed by atoms with Crippen LogP contribution in [0.5, 0.6) is 0 Å². The minimum absolute atomic E-state index is 0.116.